The predicted molar refractivity (Wildman–Crippen MR) is 108 cm³/mol. The van der Waals surface area contributed by atoms with E-state index in [2.05, 4.69) is 40.0 Å². The van der Waals surface area contributed by atoms with Gasteiger partial charge in [-0.2, -0.15) is 0 Å². The molecule has 5 nitrogen and oxygen atoms in total. The average Bonchev–Trinajstić information content (AvgIpc) is 2.64. The molecule has 1 aliphatic rings. The molecule has 0 spiro atoms. The van der Waals surface area contributed by atoms with Crippen LogP contribution in [0.4, 0.5) is 11.4 Å². The first-order valence-electron chi connectivity index (χ1n) is 8.68. The van der Waals surface area contributed by atoms with E-state index in [0.717, 1.165) is 44.0 Å². The van der Waals surface area contributed by atoms with Gasteiger partial charge in [-0.25, -0.2) is 4.98 Å². The third kappa shape index (κ3) is 4.29. The third-order valence-electron chi connectivity index (χ3n) is 4.67. The van der Waals surface area contributed by atoms with Gasteiger partial charge in [0.25, 0.3) is 5.91 Å². The lowest BCUT2D eigenvalue weighted by Crippen LogP contribution is -2.46. The van der Waals surface area contributed by atoms with Crippen LogP contribution >= 0.6 is 23.2 Å². The SMILES string of the molecule is CCN1CCN(c2ccc(NC(=O)c3cnc(Cl)c(Cl)c3)cc2C)CC1. The molecule has 0 saturated carbocycles. The number of piperazine rings is 1. The number of carbonyl (C=O) groups is 1. The summed E-state index contributed by atoms with van der Waals surface area (Å²) in [5.41, 5.74) is 3.47. The van der Waals surface area contributed by atoms with Gasteiger partial charge in [0.2, 0.25) is 0 Å². The molecule has 0 bridgehead atoms. The van der Waals surface area contributed by atoms with E-state index in [0.29, 0.717) is 5.56 Å². The summed E-state index contributed by atoms with van der Waals surface area (Å²) in [6.07, 6.45) is 1.41. The van der Waals surface area contributed by atoms with E-state index in [9.17, 15) is 4.79 Å². The highest BCUT2D eigenvalue weighted by Gasteiger charge is 2.17. The van der Waals surface area contributed by atoms with Gasteiger partial charge in [0, 0.05) is 43.8 Å². The number of benzene rings is 1. The van der Waals surface area contributed by atoms with Crippen molar-refractivity contribution in [3.63, 3.8) is 0 Å². The molecule has 0 unspecified atom stereocenters. The van der Waals surface area contributed by atoms with Gasteiger partial charge in [-0.05, 0) is 43.3 Å². The summed E-state index contributed by atoms with van der Waals surface area (Å²) in [5.74, 6) is -0.264. The molecule has 2 aromatic rings. The average molecular weight is 393 g/mol. The zero-order valence-electron chi connectivity index (χ0n) is 14.9. The maximum absolute atomic E-state index is 12.4. The molecule has 2 heterocycles. The molecular weight excluding hydrogens is 371 g/mol. The van der Waals surface area contributed by atoms with Crippen molar-refractivity contribution in [1.29, 1.82) is 0 Å². The Morgan fingerprint density at radius 3 is 2.54 bits per heavy atom. The Kier molecular flexibility index (Phi) is 6.01. The highest BCUT2D eigenvalue weighted by Crippen LogP contribution is 2.25. The van der Waals surface area contributed by atoms with Crippen molar-refractivity contribution in [2.24, 2.45) is 0 Å². The Bertz CT molecular complexity index is 804. The number of nitrogens with zero attached hydrogens (tertiary/aromatic N) is 3. The molecule has 1 aliphatic heterocycles. The van der Waals surface area contributed by atoms with Crippen LogP contribution < -0.4 is 10.2 Å². The molecule has 0 radical (unpaired) electrons. The van der Waals surface area contributed by atoms with E-state index in [1.807, 2.05) is 12.1 Å². The van der Waals surface area contributed by atoms with Crippen LogP contribution in [0, 0.1) is 6.92 Å². The fraction of sp³-hybridized carbons (Fsp3) is 0.368. The molecule has 1 amide bonds. The second kappa shape index (κ2) is 8.25. The molecule has 0 aliphatic carbocycles. The molecule has 1 fully saturated rings. The van der Waals surface area contributed by atoms with Crippen molar-refractivity contribution in [2.45, 2.75) is 13.8 Å². The minimum atomic E-state index is -0.264. The first-order chi connectivity index (χ1) is 12.5. The molecule has 1 saturated heterocycles. The Morgan fingerprint density at radius 2 is 1.92 bits per heavy atom. The summed E-state index contributed by atoms with van der Waals surface area (Å²) in [6, 6.07) is 7.50. The van der Waals surface area contributed by atoms with Gasteiger partial charge >= 0.3 is 0 Å². The molecule has 7 heteroatoms. The quantitative estimate of drug-likeness (QED) is 0.795. The van der Waals surface area contributed by atoms with Crippen LogP contribution in [-0.4, -0.2) is 48.5 Å². The smallest absolute Gasteiger partial charge is 0.257 e. The number of hydrogen-bond acceptors (Lipinski definition) is 4. The molecule has 138 valence electrons. The number of rotatable bonds is 4. The lowest BCUT2D eigenvalue weighted by molar-refractivity contribution is 0.102. The third-order valence-corrected chi connectivity index (χ3v) is 5.36. The van der Waals surface area contributed by atoms with Crippen molar-refractivity contribution >= 4 is 40.5 Å². The normalized spacial score (nSPS) is 15.2. The Morgan fingerprint density at radius 1 is 1.19 bits per heavy atom. The van der Waals surface area contributed by atoms with Crippen LogP contribution in [0.5, 0.6) is 0 Å². The van der Waals surface area contributed by atoms with Crippen molar-refractivity contribution in [1.82, 2.24) is 9.88 Å². The molecule has 0 atom stereocenters. The summed E-state index contributed by atoms with van der Waals surface area (Å²) in [5, 5.41) is 3.33. The van der Waals surface area contributed by atoms with Gasteiger partial charge in [-0.15, -0.1) is 0 Å². The van der Waals surface area contributed by atoms with Crippen LogP contribution in [0.3, 0.4) is 0 Å². The summed E-state index contributed by atoms with van der Waals surface area (Å²) >= 11 is 11.7. The van der Waals surface area contributed by atoms with Gasteiger partial charge in [0.05, 0.1) is 10.6 Å². The lowest BCUT2D eigenvalue weighted by Gasteiger charge is -2.36. The summed E-state index contributed by atoms with van der Waals surface area (Å²) in [6.45, 7) is 9.57. The van der Waals surface area contributed by atoms with Gasteiger partial charge < -0.3 is 15.1 Å². The zero-order valence-corrected chi connectivity index (χ0v) is 16.4. The summed E-state index contributed by atoms with van der Waals surface area (Å²) < 4.78 is 0. The van der Waals surface area contributed by atoms with Crippen molar-refractivity contribution in [2.75, 3.05) is 42.9 Å². The number of nitrogens with one attached hydrogen (secondary N) is 1. The number of pyridine rings is 1. The van der Waals surface area contributed by atoms with E-state index >= 15 is 0 Å². The van der Waals surface area contributed by atoms with Crippen LogP contribution in [0.1, 0.15) is 22.8 Å². The van der Waals surface area contributed by atoms with E-state index in [4.69, 9.17) is 23.2 Å². The van der Waals surface area contributed by atoms with Gasteiger partial charge in [0.15, 0.2) is 0 Å². The number of hydrogen-bond donors (Lipinski definition) is 1. The molecular formula is C19H22Cl2N4O. The fourth-order valence-corrected chi connectivity index (χ4v) is 3.41. The topological polar surface area (TPSA) is 48.5 Å². The lowest BCUT2D eigenvalue weighted by atomic mass is 10.1. The zero-order chi connectivity index (χ0) is 18.7. The highest BCUT2D eigenvalue weighted by molar-refractivity contribution is 6.41. The Hall–Kier alpha value is -1.82. The molecule has 1 N–H and O–H groups in total. The second-order valence-corrected chi connectivity index (χ2v) is 7.14. The summed E-state index contributed by atoms with van der Waals surface area (Å²) in [7, 11) is 0. The fourth-order valence-electron chi connectivity index (χ4n) is 3.14. The predicted octanol–water partition coefficient (Wildman–Crippen LogP) is 4.09. The van der Waals surface area contributed by atoms with Crippen LogP contribution in [-0.2, 0) is 0 Å². The number of aryl methyl sites for hydroxylation is 1. The monoisotopic (exact) mass is 392 g/mol. The molecule has 1 aromatic carbocycles. The standard InChI is InChI=1S/C19H22Cl2N4O/c1-3-24-6-8-25(9-7-24)17-5-4-15(10-13(17)2)23-19(26)14-11-16(20)18(21)22-12-14/h4-5,10-12H,3,6-9H2,1-2H3,(H,23,26). The summed E-state index contributed by atoms with van der Waals surface area (Å²) in [4.78, 5) is 21.1. The number of likely N-dealkylation sites (N-methyl/N-ethyl adjacent to an activating group) is 1. The minimum absolute atomic E-state index is 0.187. The van der Waals surface area contributed by atoms with Crippen LogP contribution in [0.2, 0.25) is 10.2 Å². The van der Waals surface area contributed by atoms with E-state index in [1.165, 1.54) is 18.0 Å². The van der Waals surface area contributed by atoms with E-state index < -0.39 is 0 Å². The van der Waals surface area contributed by atoms with Gasteiger partial charge in [-0.3, -0.25) is 4.79 Å². The minimum Gasteiger partial charge on any atom is -0.369 e. The molecule has 1 aromatic heterocycles. The van der Waals surface area contributed by atoms with E-state index in [-0.39, 0.29) is 16.1 Å². The first-order valence-corrected chi connectivity index (χ1v) is 9.44. The number of aromatic nitrogens is 1. The van der Waals surface area contributed by atoms with Crippen molar-refractivity contribution in [3.05, 3.63) is 51.8 Å². The van der Waals surface area contributed by atoms with E-state index in [1.54, 1.807) is 0 Å². The largest absolute Gasteiger partial charge is 0.369 e. The second-order valence-electron chi connectivity index (χ2n) is 6.37. The first kappa shape index (κ1) is 19.0. The van der Waals surface area contributed by atoms with Gasteiger partial charge in [0.1, 0.15) is 5.15 Å². The highest BCUT2D eigenvalue weighted by atomic mass is 35.5. The van der Waals surface area contributed by atoms with Crippen LogP contribution in [0.25, 0.3) is 0 Å². The maximum atomic E-state index is 12.4. The number of anilines is 2. The van der Waals surface area contributed by atoms with Crippen molar-refractivity contribution < 1.29 is 4.79 Å². The molecule has 3 rings (SSSR count). The number of halogens is 2. The van der Waals surface area contributed by atoms with Gasteiger partial charge in [-0.1, -0.05) is 30.1 Å². The Labute approximate surface area is 163 Å². The number of amides is 1. The maximum Gasteiger partial charge on any atom is 0.257 e. The van der Waals surface area contributed by atoms with Crippen molar-refractivity contribution in [3.8, 4) is 0 Å². The molecule has 26 heavy (non-hydrogen) atoms. The number of carbonyl (C=O) groups excluding carboxylic acids is 1. The Balaban J connectivity index is 1.69. The van der Waals surface area contributed by atoms with Crippen LogP contribution in [0.15, 0.2) is 30.5 Å².